The van der Waals surface area contributed by atoms with Gasteiger partial charge in [0.05, 0.1) is 18.7 Å². The first kappa shape index (κ1) is 21.8. The summed E-state index contributed by atoms with van der Waals surface area (Å²) in [6, 6.07) is 16.3. The molecule has 0 bridgehead atoms. The second-order valence-electron chi connectivity index (χ2n) is 8.08. The molecule has 9 heteroatoms. The summed E-state index contributed by atoms with van der Waals surface area (Å²) >= 11 is 0. The molecule has 0 fully saturated rings. The third-order valence-electron chi connectivity index (χ3n) is 5.94. The second kappa shape index (κ2) is 8.11. The predicted molar refractivity (Wildman–Crippen MR) is 120 cm³/mol. The Morgan fingerprint density at radius 3 is 2.41 bits per heavy atom. The molecule has 1 N–H and O–H groups in total. The van der Waals surface area contributed by atoms with Crippen molar-refractivity contribution in [2.45, 2.75) is 19.3 Å². The lowest BCUT2D eigenvalue weighted by Crippen LogP contribution is -2.23. The van der Waals surface area contributed by atoms with Gasteiger partial charge in [0.15, 0.2) is 5.82 Å². The zero-order chi connectivity index (χ0) is 24.0. The van der Waals surface area contributed by atoms with E-state index in [4.69, 9.17) is 0 Å². The van der Waals surface area contributed by atoms with Gasteiger partial charge in [-0.3, -0.25) is 4.79 Å². The van der Waals surface area contributed by atoms with Gasteiger partial charge >= 0.3 is 6.18 Å². The lowest BCUT2D eigenvalue weighted by Gasteiger charge is -2.19. The number of hydrogen-bond acceptors (Lipinski definition) is 4. The van der Waals surface area contributed by atoms with Gasteiger partial charge in [0.2, 0.25) is 0 Å². The van der Waals surface area contributed by atoms with E-state index in [1.165, 1.54) is 17.0 Å². The van der Waals surface area contributed by atoms with Crippen LogP contribution in [0.3, 0.4) is 0 Å². The minimum Gasteiger partial charge on any atom is -0.392 e. The van der Waals surface area contributed by atoms with Crippen molar-refractivity contribution in [3.8, 4) is 22.5 Å². The summed E-state index contributed by atoms with van der Waals surface area (Å²) in [4.78, 5) is 14.4. The van der Waals surface area contributed by atoms with Gasteiger partial charge in [-0.15, -0.1) is 10.2 Å². The molecule has 0 radical (unpaired) electrons. The van der Waals surface area contributed by atoms with E-state index in [0.717, 1.165) is 17.2 Å². The average Bonchev–Trinajstić information content (AvgIpc) is 3.41. The molecule has 5 rings (SSSR count). The van der Waals surface area contributed by atoms with Gasteiger partial charge in [0.1, 0.15) is 6.33 Å². The summed E-state index contributed by atoms with van der Waals surface area (Å²) in [6.07, 6.45) is -2.98. The number of halogens is 3. The van der Waals surface area contributed by atoms with Gasteiger partial charge in [-0.25, -0.2) is 0 Å². The zero-order valence-corrected chi connectivity index (χ0v) is 18.0. The van der Waals surface area contributed by atoms with E-state index in [0.29, 0.717) is 22.6 Å². The summed E-state index contributed by atoms with van der Waals surface area (Å²) in [5.41, 5.74) is 2.38. The number of fused-ring (bicyclic) bond motifs is 1. The Morgan fingerprint density at radius 1 is 1.00 bits per heavy atom. The van der Waals surface area contributed by atoms with Gasteiger partial charge in [-0.05, 0) is 52.6 Å². The topological polar surface area (TPSA) is 71.2 Å². The molecule has 6 nitrogen and oxygen atoms in total. The molecule has 0 spiro atoms. The number of anilines is 1. The van der Waals surface area contributed by atoms with Crippen LogP contribution in [-0.4, -0.2) is 25.8 Å². The van der Waals surface area contributed by atoms with Crippen LogP contribution in [-0.2, 0) is 26.4 Å². The van der Waals surface area contributed by atoms with Crippen molar-refractivity contribution in [2.75, 3.05) is 4.90 Å². The van der Waals surface area contributed by atoms with Gasteiger partial charge in [-0.1, -0.05) is 30.3 Å². The molecule has 4 aromatic rings. The van der Waals surface area contributed by atoms with E-state index >= 15 is 0 Å². The molecule has 1 amide bonds. The largest absolute Gasteiger partial charge is 0.416 e. The molecule has 172 valence electrons. The van der Waals surface area contributed by atoms with Crippen LogP contribution >= 0.6 is 0 Å². The second-order valence-corrected chi connectivity index (χ2v) is 8.08. The van der Waals surface area contributed by atoms with Gasteiger partial charge in [-0.2, -0.15) is 13.2 Å². The minimum atomic E-state index is -4.56. The molecule has 0 saturated carbocycles. The number of nitrogens with zero attached hydrogens (tertiary/aromatic N) is 4. The van der Waals surface area contributed by atoms with Gasteiger partial charge in [0.25, 0.3) is 5.91 Å². The minimum absolute atomic E-state index is 0.0326. The van der Waals surface area contributed by atoms with Crippen molar-refractivity contribution < 1.29 is 23.1 Å². The van der Waals surface area contributed by atoms with E-state index in [9.17, 15) is 23.1 Å². The lowest BCUT2D eigenvalue weighted by atomic mass is 9.96. The molecule has 0 unspecified atom stereocenters. The smallest absolute Gasteiger partial charge is 0.392 e. The third kappa shape index (κ3) is 3.63. The Morgan fingerprint density at radius 2 is 1.74 bits per heavy atom. The summed E-state index contributed by atoms with van der Waals surface area (Å²) in [6.45, 7) is -0.501. The molecule has 0 atom stereocenters. The molecule has 34 heavy (non-hydrogen) atoms. The van der Waals surface area contributed by atoms with Crippen molar-refractivity contribution in [2.24, 2.45) is 7.05 Å². The Kier molecular flexibility index (Phi) is 5.21. The van der Waals surface area contributed by atoms with E-state index in [-0.39, 0.29) is 24.3 Å². The number of rotatable bonds is 4. The van der Waals surface area contributed by atoms with E-state index in [2.05, 4.69) is 10.2 Å². The molecule has 1 aromatic heterocycles. The van der Waals surface area contributed by atoms with Crippen LogP contribution < -0.4 is 4.90 Å². The summed E-state index contributed by atoms with van der Waals surface area (Å²) in [5, 5.41) is 18.0. The van der Waals surface area contributed by atoms with E-state index < -0.39 is 17.6 Å². The van der Waals surface area contributed by atoms with Crippen LogP contribution in [0.2, 0.25) is 0 Å². The molecular weight excluding hydrogens is 445 g/mol. The highest BCUT2D eigenvalue weighted by atomic mass is 19.4. The standard InChI is InChI=1S/C25H19F3N4O2/c1-31-14-29-30-23(31)19-6-3-2-5-18(19)16-9-15(13-33)10-17(11-16)32-12-21-20(24(32)34)7-4-8-22(21)25(26,27)28/h2-11,14,33H,12-13H2,1H3. The first-order chi connectivity index (χ1) is 16.3. The summed E-state index contributed by atoms with van der Waals surface area (Å²) in [5.74, 6) is 0.120. The lowest BCUT2D eigenvalue weighted by molar-refractivity contribution is -0.138. The fourth-order valence-electron chi connectivity index (χ4n) is 4.34. The number of carbonyl (C=O) groups is 1. The Hall–Kier alpha value is -3.98. The number of alkyl halides is 3. The van der Waals surface area contributed by atoms with Crippen molar-refractivity contribution in [3.05, 3.63) is 89.2 Å². The van der Waals surface area contributed by atoms with Gasteiger partial charge < -0.3 is 14.6 Å². The van der Waals surface area contributed by atoms with Gasteiger partial charge in [0, 0.05) is 23.9 Å². The SMILES string of the molecule is Cn1cnnc1-c1ccccc1-c1cc(CO)cc(N2Cc3c(cccc3C(F)(F)F)C2=O)c1. The number of aliphatic hydroxyl groups is 1. The highest BCUT2D eigenvalue weighted by Crippen LogP contribution is 2.40. The molecule has 0 aliphatic carbocycles. The maximum atomic E-state index is 13.5. The number of hydrogen-bond donors (Lipinski definition) is 1. The van der Waals surface area contributed by atoms with Crippen LogP contribution in [0.4, 0.5) is 18.9 Å². The van der Waals surface area contributed by atoms with Crippen LogP contribution in [0, 0.1) is 0 Å². The molecule has 2 heterocycles. The fraction of sp³-hybridized carbons (Fsp3) is 0.160. The van der Waals surface area contributed by atoms with E-state index in [1.807, 2.05) is 31.3 Å². The Labute approximate surface area is 192 Å². The molecule has 1 aliphatic rings. The summed E-state index contributed by atoms with van der Waals surface area (Å²) in [7, 11) is 1.82. The zero-order valence-electron chi connectivity index (χ0n) is 18.0. The maximum absolute atomic E-state index is 13.5. The molecule has 1 aliphatic heterocycles. The van der Waals surface area contributed by atoms with Crippen molar-refractivity contribution in [1.82, 2.24) is 14.8 Å². The molecule has 3 aromatic carbocycles. The Bertz CT molecular complexity index is 1410. The third-order valence-corrected chi connectivity index (χ3v) is 5.94. The highest BCUT2D eigenvalue weighted by molar-refractivity contribution is 6.10. The molecule has 0 saturated heterocycles. The van der Waals surface area contributed by atoms with Crippen LogP contribution in [0.5, 0.6) is 0 Å². The number of aliphatic hydroxyl groups excluding tert-OH is 1. The monoisotopic (exact) mass is 464 g/mol. The summed E-state index contributed by atoms with van der Waals surface area (Å²) < 4.78 is 42.4. The normalized spacial score (nSPS) is 13.4. The van der Waals surface area contributed by atoms with Crippen LogP contribution in [0.25, 0.3) is 22.5 Å². The quantitative estimate of drug-likeness (QED) is 0.470. The number of aryl methyl sites for hydroxylation is 1. The number of aromatic nitrogens is 3. The highest BCUT2D eigenvalue weighted by Gasteiger charge is 2.39. The predicted octanol–water partition coefficient (Wildman–Crippen LogP) is 4.82. The first-order valence-corrected chi connectivity index (χ1v) is 10.5. The van der Waals surface area contributed by atoms with E-state index in [1.54, 1.807) is 29.1 Å². The van der Waals surface area contributed by atoms with Crippen molar-refractivity contribution in [3.63, 3.8) is 0 Å². The average molecular weight is 464 g/mol. The van der Waals surface area contributed by atoms with Crippen LogP contribution in [0.15, 0.2) is 67.0 Å². The van der Waals surface area contributed by atoms with Crippen molar-refractivity contribution in [1.29, 1.82) is 0 Å². The maximum Gasteiger partial charge on any atom is 0.416 e. The van der Waals surface area contributed by atoms with Crippen LogP contribution in [0.1, 0.15) is 27.0 Å². The fourth-order valence-corrected chi connectivity index (χ4v) is 4.34. The van der Waals surface area contributed by atoms with Crippen molar-refractivity contribution >= 4 is 11.6 Å². The first-order valence-electron chi connectivity index (χ1n) is 10.5. The number of benzene rings is 3. The number of carbonyl (C=O) groups excluding carboxylic acids is 1. The Balaban J connectivity index is 1.62. The number of amides is 1. The molecular formula is C25H19F3N4O2.